The fourth-order valence-corrected chi connectivity index (χ4v) is 4.13. The van der Waals surface area contributed by atoms with Gasteiger partial charge < -0.3 is 4.90 Å². The fraction of sp³-hybridized carbons (Fsp3) is 0.304. The normalized spacial score (nSPS) is 23.0. The molecule has 0 radical (unpaired) electrons. The Kier molecular flexibility index (Phi) is 4.70. The first-order valence-electron chi connectivity index (χ1n) is 9.40. The van der Waals surface area contributed by atoms with E-state index < -0.39 is 0 Å². The van der Waals surface area contributed by atoms with E-state index in [1.165, 1.54) is 24.0 Å². The molecular weight excluding hydrogens is 320 g/mol. The lowest BCUT2D eigenvalue weighted by Crippen LogP contribution is -2.47. The number of benzene rings is 2. The molecule has 1 saturated carbocycles. The Balaban J connectivity index is 1.54. The van der Waals surface area contributed by atoms with E-state index in [2.05, 4.69) is 29.3 Å². The molecule has 0 saturated heterocycles. The van der Waals surface area contributed by atoms with Gasteiger partial charge in [0, 0.05) is 31.3 Å². The summed E-state index contributed by atoms with van der Waals surface area (Å²) in [6.45, 7) is 0. The maximum atomic E-state index is 12.3. The standard InChI is InChI=1S/C23H24N2O/c1-25-22-10-6-5-9-21(22)19(15-23(25)26)16-24-20-13-11-18(12-14-20)17-7-3-2-4-8-17/h2-4,7-8,11-16,21-22H,5-6,9-10H2,1H3/t21-,22+/m1/s1. The molecule has 2 aliphatic rings. The minimum absolute atomic E-state index is 0.106. The Hall–Kier alpha value is -2.68. The molecule has 1 amide bonds. The van der Waals surface area contributed by atoms with Crippen LogP contribution in [0.4, 0.5) is 5.69 Å². The van der Waals surface area contributed by atoms with Crippen molar-refractivity contribution in [2.75, 3.05) is 7.05 Å². The lowest BCUT2D eigenvalue weighted by Gasteiger charge is -2.41. The average molecular weight is 344 g/mol. The van der Waals surface area contributed by atoms with Crippen LogP contribution in [0.1, 0.15) is 25.7 Å². The molecule has 1 aliphatic carbocycles. The minimum atomic E-state index is 0.106. The lowest BCUT2D eigenvalue weighted by atomic mass is 9.77. The number of likely N-dealkylation sites (N-methyl/N-ethyl adjacent to an activating group) is 1. The number of fused-ring (bicyclic) bond motifs is 1. The monoisotopic (exact) mass is 344 g/mol. The van der Waals surface area contributed by atoms with Crippen molar-refractivity contribution in [1.29, 1.82) is 0 Å². The third-order valence-corrected chi connectivity index (χ3v) is 5.63. The smallest absolute Gasteiger partial charge is 0.246 e. The molecule has 1 aliphatic heterocycles. The zero-order valence-electron chi connectivity index (χ0n) is 15.1. The topological polar surface area (TPSA) is 32.7 Å². The van der Waals surface area contributed by atoms with Crippen molar-refractivity contribution in [1.82, 2.24) is 4.90 Å². The third-order valence-electron chi connectivity index (χ3n) is 5.63. The quantitative estimate of drug-likeness (QED) is 0.720. The maximum Gasteiger partial charge on any atom is 0.246 e. The highest BCUT2D eigenvalue weighted by atomic mass is 16.2. The Labute approximate surface area is 155 Å². The van der Waals surface area contributed by atoms with E-state index in [1.54, 1.807) is 6.08 Å². The van der Waals surface area contributed by atoms with Gasteiger partial charge in [-0.15, -0.1) is 0 Å². The van der Waals surface area contributed by atoms with Crippen LogP contribution < -0.4 is 0 Å². The molecule has 0 unspecified atom stereocenters. The molecule has 0 bridgehead atoms. The van der Waals surface area contributed by atoms with Crippen molar-refractivity contribution in [2.45, 2.75) is 31.7 Å². The summed E-state index contributed by atoms with van der Waals surface area (Å²) in [7, 11) is 1.93. The van der Waals surface area contributed by atoms with Gasteiger partial charge in [-0.25, -0.2) is 0 Å². The first kappa shape index (κ1) is 16.8. The van der Waals surface area contributed by atoms with Gasteiger partial charge in [0.15, 0.2) is 0 Å². The van der Waals surface area contributed by atoms with Crippen LogP contribution >= 0.6 is 0 Å². The predicted molar refractivity (Wildman–Crippen MR) is 107 cm³/mol. The summed E-state index contributed by atoms with van der Waals surface area (Å²) in [5.74, 6) is 0.535. The van der Waals surface area contributed by atoms with Gasteiger partial charge in [-0.1, -0.05) is 55.3 Å². The van der Waals surface area contributed by atoms with Gasteiger partial charge in [0.1, 0.15) is 0 Å². The highest BCUT2D eigenvalue weighted by Crippen LogP contribution is 2.35. The number of carbonyl (C=O) groups is 1. The summed E-state index contributed by atoms with van der Waals surface area (Å²) in [5, 5.41) is 0. The van der Waals surface area contributed by atoms with E-state index in [0.717, 1.165) is 24.1 Å². The predicted octanol–water partition coefficient (Wildman–Crippen LogP) is 5.01. The van der Waals surface area contributed by atoms with Crippen LogP contribution in [0.5, 0.6) is 0 Å². The maximum absolute atomic E-state index is 12.3. The van der Waals surface area contributed by atoms with E-state index in [9.17, 15) is 4.79 Å². The van der Waals surface area contributed by atoms with Gasteiger partial charge in [-0.05, 0) is 41.7 Å². The van der Waals surface area contributed by atoms with Gasteiger partial charge in [0.05, 0.1) is 5.69 Å². The summed E-state index contributed by atoms with van der Waals surface area (Å²) in [4.78, 5) is 18.8. The van der Waals surface area contributed by atoms with E-state index in [0.29, 0.717) is 12.0 Å². The Morgan fingerprint density at radius 3 is 2.42 bits per heavy atom. The Morgan fingerprint density at radius 2 is 1.65 bits per heavy atom. The molecule has 3 nitrogen and oxygen atoms in total. The highest BCUT2D eigenvalue weighted by molar-refractivity contribution is 5.97. The number of aliphatic imine (C=N–C) groups is 1. The van der Waals surface area contributed by atoms with Crippen LogP contribution in [-0.4, -0.2) is 30.1 Å². The van der Waals surface area contributed by atoms with Gasteiger partial charge in [-0.3, -0.25) is 9.79 Å². The summed E-state index contributed by atoms with van der Waals surface area (Å²) in [6.07, 6.45) is 8.38. The number of rotatable bonds is 3. The van der Waals surface area contributed by atoms with E-state index in [4.69, 9.17) is 0 Å². The number of carbonyl (C=O) groups excluding carboxylic acids is 1. The second-order valence-electron chi connectivity index (χ2n) is 7.22. The van der Waals surface area contributed by atoms with Crippen LogP contribution in [0.25, 0.3) is 11.1 Å². The van der Waals surface area contributed by atoms with Gasteiger partial charge in [0.25, 0.3) is 0 Å². The number of amides is 1. The molecule has 0 spiro atoms. The third kappa shape index (κ3) is 3.34. The molecule has 0 N–H and O–H groups in total. The van der Waals surface area contributed by atoms with Crippen molar-refractivity contribution in [3.05, 3.63) is 66.2 Å². The van der Waals surface area contributed by atoms with Crippen LogP contribution in [-0.2, 0) is 4.79 Å². The zero-order valence-corrected chi connectivity index (χ0v) is 15.1. The van der Waals surface area contributed by atoms with Crippen LogP contribution in [0, 0.1) is 5.92 Å². The highest BCUT2D eigenvalue weighted by Gasteiger charge is 2.35. The van der Waals surface area contributed by atoms with Crippen LogP contribution in [0.15, 0.2) is 71.2 Å². The molecule has 2 aromatic carbocycles. The van der Waals surface area contributed by atoms with Crippen LogP contribution in [0.2, 0.25) is 0 Å². The molecule has 1 fully saturated rings. The van der Waals surface area contributed by atoms with Crippen molar-refractivity contribution < 1.29 is 4.79 Å². The summed E-state index contributed by atoms with van der Waals surface area (Å²) < 4.78 is 0. The average Bonchev–Trinajstić information content (AvgIpc) is 2.71. The van der Waals surface area contributed by atoms with Crippen molar-refractivity contribution in [3.63, 3.8) is 0 Å². The summed E-state index contributed by atoms with van der Waals surface area (Å²) in [6, 6.07) is 18.9. The first-order chi connectivity index (χ1) is 12.7. The molecule has 2 atom stereocenters. The summed E-state index contributed by atoms with van der Waals surface area (Å²) >= 11 is 0. The molecule has 4 rings (SSSR count). The van der Waals surface area contributed by atoms with E-state index in [-0.39, 0.29) is 5.91 Å². The zero-order chi connectivity index (χ0) is 17.9. The van der Waals surface area contributed by atoms with E-state index >= 15 is 0 Å². The molecule has 132 valence electrons. The van der Waals surface area contributed by atoms with Crippen LogP contribution in [0.3, 0.4) is 0 Å². The van der Waals surface area contributed by atoms with Gasteiger partial charge in [0.2, 0.25) is 5.91 Å². The fourth-order valence-electron chi connectivity index (χ4n) is 4.13. The molecule has 26 heavy (non-hydrogen) atoms. The molecule has 1 heterocycles. The molecule has 0 aromatic heterocycles. The Bertz CT molecular complexity index is 836. The van der Waals surface area contributed by atoms with Gasteiger partial charge in [-0.2, -0.15) is 0 Å². The Morgan fingerprint density at radius 1 is 0.962 bits per heavy atom. The SMILES string of the molecule is CN1C(=O)C=C(C=Nc2ccc(-c3ccccc3)cc2)[C@H]2CCCC[C@@H]21. The number of hydrogen-bond acceptors (Lipinski definition) is 2. The first-order valence-corrected chi connectivity index (χ1v) is 9.40. The van der Waals surface area contributed by atoms with Gasteiger partial charge >= 0.3 is 0 Å². The number of nitrogens with zero attached hydrogens (tertiary/aromatic N) is 2. The second kappa shape index (κ2) is 7.28. The molecular formula is C23H24N2O. The van der Waals surface area contributed by atoms with E-state index in [1.807, 2.05) is 48.5 Å². The van der Waals surface area contributed by atoms with Crippen molar-refractivity contribution >= 4 is 17.8 Å². The number of hydrogen-bond donors (Lipinski definition) is 0. The van der Waals surface area contributed by atoms with Crippen molar-refractivity contribution in [2.24, 2.45) is 10.9 Å². The molecule has 3 heteroatoms. The summed E-state index contributed by atoms with van der Waals surface area (Å²) in [5.41, 5.74) is 4.40. The minimum Gasteiger partial charge on any atom is -0.339 e. The van der Waals surface area contributed by atoms with Crippen molar-refractivity contribution in [3.8, 4) is 11.1 Å². The largest absolute Gasteiger partial charge is 0.339 e. The second-order valence-corrected chi connectivity index (χ2v) is 7.22. The lowest BCUT2D eigenvalue weighted by molar-refractivity contribution is -0.129. The molecule has 2 aromatic rings.